The van der Waals surface area contributed by atoms with Gasteiger partial charge in [-0.25, -0.2) is 4.68 Å². The van der Waals surface area contributed by atoms with E-state index in [9.17, 15) is 0 Å². The van der Waals surface area contributed by atoms with Gasteiger partial charge in [0, 0.05) is 12.7 Å². The molecule has 2 rings (SSSR count). The number of hydrogen-bond donors (Lipinski definition) is 1. The number of nitrogens with zero attached hydrogens (tertiary/aromatic N) is 2. The van der Waals surface area contributed by atoms with Crippen molar-refractivity contribution in [2.45, 2.75) is 27.3 Å². The molecule has 1 aromatic carbocycles. The Hall–Kier alpha value is -1.81. The Balaban J connectivity index is 1.97. The Bertz CT molecular complexity index is 517. The molecular weight excluding hydrogens is 250 g/mol. The van der Waals surface area contributed by atoms with Gasteiger partial charge < -0.3 is 10.1 Å². The van der Waals surface area contributed by atoms with Gasteiger partial charge in [0.05, 0.1) is 18.0 Å². The third-order valence-electron chi connectivity index (χ3n) is 2.92. The Morgan fingerprint density at radius 3 is 2.60 bits per heavy atom. The molecule has 4 heteroatoms. The lowest BCUT2D eigenvalue weighted by atomic mass is 10.2. The molecule has 0 aliphatic heterocycles. The molecule has 108 valence electrons. The first-order valence-electron chi connectivity index (χ1n) is 7.17. The first-order chi connectivity index (χ1) is 9.69. The standard InChI is InChI=1S/C16H23N3O/c1-4-20-16-7-5-15(6-8-16)19-10-9-14(18-19)12-17-11-13(2)3/h5-10,13,17H,4,11-12H2,1-3H3. The zero-order valence-electron chi connectivity index (χ0n) is 12.5. The van der Waals surface area contributed by atoms with Gasteiger partial charge in [-0.15, -0.1) is 0 Å². The summed E-state index contributed by atoms with van der Waals surface area (Å²) in [4.78, 5) is 0. The topological polar surface area (TPSA) is 39.1 Å². The van der Waals surface area contributed by atoms with Crippen LogP contribution in [-0.4, -0.2) is 22.9 Å². The molecule has 1 heterocycles. The summed E-state index contributed by atoms with van der Waals surface area (Å²) in [5.41, 5.74) is 2.10. The van der Waals surface area contributed by atoms with Crippen molar-refractivity contribution in [3.05, 3.63) is 42.2 Å². The van der Waals surface area contributed by atoms with E-state index in [1.54, 1.807) is 0 Å². The fourth-order valence-corrected chi connectivity index (χ4v) is 1.95. The van der Waals surface area contributed by atoms with Gasteiger partial charge in [-0.2, -0.15) is 5.10 Å². The highest BCUT2D eigenvalue weighted by Gasteiger charge is 2.02. The van der Waals surface area contributed by atoms with E-state index in [0.29, 0.717) is 12.5 Å². The third kappa shape index (κ3) is 4.10. The summed E-state index contributed by atoms with van der Waals surface area (Å²) >= 11 is 0. The number of hydrogen-bond acceptors (Lipinski definition) is 3. The molecule has 2 aromatic rings. The number of nitrogens with one attached hydrogen (secondary N) is 1. The average Bonchev–Trinajstić information content (AvgIpc) is 2.88. The molecule has 0 saturated carbocycles. The van der Waals surface area contributed by atoms with Crippen molar-refractivity contribution in [2.24, 2.45) is 5.92 Å². The number of aromatic nitrogens is 2. The van der Waals surface area contributed by atoms with Crippen LogP contribution in [0.25, 0.3) is 5.69 Å². The minimum absolute atomic E-state index is 0.656. The summed E-state index contributed by atoms with van der Waals surface area (Å²) < 4.78 is 7.33. The summed E-state index contributed by atoms with van der Waals surface area (Å²) in [6.07, 6.45) is 1.99. The summed E-state index contributed by atoms with van der Waals surface area (Å²) in [6, 6.07) is 10.0. The van der Waals surface area contributed by atoms with Crippen LogP contribution in [-0.2, 0) is 6.54 Å². The number of rotatable bonds is 7. The number of ether oxygens (including phenoxy) is 1. The predicted octanol–water partition coefficient (Wildman–Crippen LogP) is 3.02. The highest BCUT2D eigenvalue weighted by molar-refractivity contribution is 5.36. The Morgan fingerprint density at radius 2 is 1.95 bits per heavy atom. The van der Waals surface area contributed by atoms with E-state index in [1.807, 2.05) is 48.1 Å². The minimum Gasteiger partial charge on any atom is -0.494 e. The molecule has 0 atom stereocenters. The van der Waals surface area contributed by atoms with Crippen LogP contribution < -0.4 is 10.1 Å². The monoisotopic (exact) mass is 273 g/mol. The van der Waals surface area contributed by atoms with Crippen LogP contribution >= 0.6 is 0 Å². The van der Waals surface area contributed by atoms with Gasteiger partial charge in [0.25, 0.3) is 0 Å². The molecule has 0 spiro atoms. The van der Waals surface area contributed by atoms with Gasteiger partial charge in [-0.3, -0.25) is 0 Å². The second kappa shape index (κ2) is 7.10. The van der Waals surface area contributed by atoms with Crippen LogP contribution in [0.3, 0.4) is 0 Å². The van der Waals surface area contributed by atoms with Gasteiger partial charge in [-0.05, 0) is 49.7 Å². The van der Waals surface area contributed by atoms with Crippen LogP contribution in [0.2, 0.25) is 0 Å². The zero-order chi connectivity index (χ0) is 14.4. The number of benzene rings is 1. The van der Waals surface area contributed by atoms with Crippen LogP contribution in [0.15, 0.2) is 36.5 Å². The van der Waals surface area contributed by atoms with Crippen LogP contribution in [0.4, 0.5) is 0 Å². The molecule has 20 heavy (non-hydrogen) atoms. The Morgan fingerprint density at radius 1 is 1.20 bits per heavy atom. The second-order valence-electron chi connectivity index (χ2n) is 5.20. The Kier molecular flexibility index (Phi) is 5.18. The lowest BCUT2D eigenvalue weighted by Crippen LogP contribution is -2.19. The van der Waals surface area contributed by atoms with E-state index in [0.717, 1.165) is 30.2 Å². The normalized spacial score (nSPS) is 11.0. The average molecular weight is 273 g/mol. The maximum Gasteiger partial charge on any atom is 0.119 e. The van der Waals surface area contributed by atoms with Gasteiger partial charge in [0.15, 0.2) is 0 Å². The third-order valence-corrected chi connectivity index (χ3v) is 2.92. The van der Waals surface area contributed by atoms with E-state index < -0.39 is 0 Å². The highest BCUT2D eigenvalue weighted by atomic mass is 16.5. The fourth-order valence-electron chi connectivity index (χ4n) is 1.95. The van der Waals surface area contributed by atoms with Crippen LogP contribution in [0.1, 0.15) is 26.5 Å². The van der Waals surface area contributed by atoms with Gasteiger partial charge in [0.1, 0.15) is 5.75 Å². The quantitative estimate of drug-likeness (QED) is 0.843. The lowest BCUT2D eigenvalue weighted by molar-refractivity contribution is 0.340. The molecule has 0 unspecified atom stereocenters. The summed E-state index contributed by atoms with van der Waals surface area (Å²) in [6.45, 7) is 8.89. The SMILES string of the molecule is CCOc1ccc(-n2ccc(CNCC(C)C)n2)cc1. The van der Waals surface area contributed by atoms with E-state index in [-0.39, 0.29) is 0 Å². The van der Waals surface area contributed by atoms with Crippen molar-refractivity contribution in [1.82, 2.24) is 15.1 Å². The van der Waals surface area contributed by atoms with Crippen molar-refractivity contribution in [3.8, 4) is 11.4 Å². The lowest BCUT2D eigenvalue weighted by Gasteiger charge is -2.06. The summed E-state index contributed by atoms with van der Waals surface area (Å²) in [7, 11) is 0. The first kappa shape index (κ1) is 14.6. The van der Waals surface area contributed by atoms with Crippen LogP contribution in [0, 0.1) is 5.92 Å². The molecule has 0 fully saturated rings. The van der Waals surface area contributed by atoms with Crippen molar-refractivity contribution in [2.75, 3.05) is 13.2 Å². The summed E-state index contributed by atoms with van der Waals surface area (Å²) in [5, 5.41) is 7.96. The fraction of sp³-hybridized carbons (Fsp3) is 0.438. The summed E-state index contributed by atoms with van der Waals surface area (Å²) in [5.74, 6) is 1.55. The molecule has 1 N–H and O–H groups in total. The highest BCUT2D eigenvalue weighted by Crippen LogP contribution is 2.15. The largest absolute Gasteiger partial charge is 0.494 e. The molecule has 0 bridgehead atoms. The van der Waals surface area contributed by atoms with Gasteiger partial charge >= 0.3 is 0 Å². The van der Waals surface area contributed by atoms with Crippen molar-refractivity contribution >= 4 is 0 Å². The second-order valence-corrected chi connectivity index (χ2v) is 5.20. The van der Waals surface area contributed by atoms with E-state index in [4.69, 9.17) is 4.74 Å². The predicted molar refractivity (Wildman–Crippen MR) is 81.3 cm³/mol. The molecule has 0 aliphatic carbocycles. The molecule has 0 amide bonds. The first-order valence-corrected chi connectivity index (χ1v) is 7.17. The van der Waals surface area contributed by atoms with E-state index in [2.05, 4.69) is 24.3 Å². The van der Waals surface area contributed by atoms with Crippen molar-refractivity contribution in [3.63, 3.8) is 0 Å². The van der Waals surface area contributed by atoms with Gasteiger partial charge in [0.2, 0.25) is 0 Å². The molecule has 1 aromatic heterocycles. The van der Waals surface area contributed by atoms with Crippen LogP contribution in [0.5, 0.6) is 5.75 Å². The molecule has 0 saturated heterocycles. The van der Waals surface area contributed by atoms with Crippen molar-refractivity contribution in [1.29, 1.82) is 0 Å². The molecule has 0 radical (unpaired) electrons. The molecule has 0 aliphatic rings. The van der Waals surface area contributed by atoms with E-state index in [1.165, 1.54) is 0 Å². The smallest absolute Gasteiger partial charge is 0.119 e. The van der Waals surface area contributed by atoms with E-state index >= 15 is 0 Å². The maximum atomic E-state index is 5.44. The van der Waals surface area contributed by atoms with Gasteiger partial charge in [-0.1, -0.05) is 13.8 Å². The Labute approximate surface area is 120 Å². The zero-order valence-corrected chi connectivity index (χ0v) is 12.5. The minimum atomic E-state index is 0.656. The van der Waals surface area contributed by atoms with Crippen molar-refractivity contribution < 1.29 is 4.74 Å². The molecular formula is C16H23N3O. The maximum absolute atomic E-state index is 5.44. The molecule has 4 nitrogen and oxygen atoms in total.